The molecule has 1 aromatic heterocycles. The number of sulfone groups is 1. The number of nitriles is 1. The molecule has 0 saturated carbocycles. The summed E-state index contributed by atoms with van der Waals surface area (Å²) >= 11 is 0. The van der Waals surface area contributed by atoms with Crippen LogP contribution in [0.25, 0.3) is 6.08 Å². The van der Waals surface area contributed by atoms with Crippen molar-refractivity contribution in [3.05, 3.63) is 51.3 Å². The number of fused-ring (bicyclic) bond motifs is 4. The number of allylic oxidation sites excluding steroid dienone is 1. The van der Waals surface area contributed by atoms with Gasteiger partial charge < -0.3 is 14.6 Å². The summed E-state index contributed by atoms with van der Waals surface area (Å²) in [5, 5.41) is 9.32. The maximum absolute atomic E-state index is 13.8. The molecule has 0 radical (unpaired) electrons. The Labute approximate surface area is 201 Å². The van der Waals surface area contributed by atoms with Gasteiger partial charge >= 0.3 is 0 Å². The summed E-state index contributed by atoms with van der Waals surface area (Å²) in [7, 11) is -2.22. The van der Waals surface area contributed by atoms with Crippen LogP contribution < -0.4 is 4.74 Å². The molecule has 0 fully saturated rings. The van der Waals surface area contributed by atoms with Crippen molar-refractivity contribution in [2.45, 2.75) is 50.8 Å². The molecule has 1 N–H and O–H groups in total. The molecule has 34 heavy (non-hydrogen) atoms. The molecule has 0 atom stereocenters. The summed E-state index contributed by atoms with van der Waals surface area (Å²) in [5.74, 6) is 0.0256. The Kier molecular flexibility index (Phi) is 6.21. The highest BCUT2D eigenvalue weighted by atomic mass is 32.2. The molecule has 2 aliphatic rings. The van der Waals surface area contributed by atoms with Gasteiger partial charge in [-0.05, 0) is 55.3 Å². The second-order valence-electron chi connectivity index (χ2n) is 9.40. The zero-order valence-corrected chi connectivity index (χ0v) is 21.2. The van der Waals surface area contributed by atoms with Crippen molar-refractivity contribution < 1.29 is 17.9 Å². The first-order valence-corrected chi connectivity index (χ1v) is 13.3. The quantitative estimate of drug-likeness (QED) is 0.644. The summed E-state index contributed by atoms with van der Waals surface area (Å²) < 4.78 is 32.2. The van der Waals surface area contributed by atoms with E-state index in [9.17, 15) is 18.5 Å². The van der Waals surface area contributed by atoms with Gasteiger partial charge in [-0.25, -0.2) is 8.42 Å². The van der Waals surface area contributed by atoms with Gasteiger partial charge in [-0.2, -0.15) is 5.26 Å². The number of aromatic amines is 1. The minimum absolute atomic E-state index is 0.0477. The first kappa shape index (κ1) is 24.2. The first-order chi connectivity index (χ1) is 16.1. The van der Waals surface area contributed by atoms with Crippen molar-refractivity contribution >= 4 is 21.7 Å². The Morgan fingerprint density at radius 1 is 1.21 bits per heavy atom. The lowest BCUT2D eigenvalue weighted by atomic mass is 9.70. The Bertz CT molecular complexity index is 1340. The number of benzene rings is 1. The smallest absolute Gasteiger partial charge is 0.195 e. The summed E-state index contributed by atoms with van der Waals surface area (Å²) in [6, 6.07) is 5.43. The minimum Gasteiger partial charge on any atom is -0.495 e. The topological polar surface area (TPSA) is 103 Å². The molecule has 8 heteroatoms. The van der Waals surface area contributed by atoms with Crippen molar-refractivity contribution in [3.8, 4) is 11.8 Å². The molecule has 2 aromatic rings. The molecule has 0 saturated heterocycles. The van der Waals surface area contributed by atoms with Crippen LogP contribution in [0.1, 0.15) is 72.6 Å². The standard InChI is InChI=1S/C26H31N3O4S/c1-6-29(7-2)10-11-34(31,32)22-13-18-19(14-21(22)33-5)26(3,4)25-23(24(18)30)17-9-8-16(15-27)12-20(17)28-25/h12-14,28H,6-11H2,1-5H3. The predicted molar refractivity (Wildman–Crippen MR) is 131 cm³/mol. The summed E-state index contributed by atoms with van der Waals surface area (Å²) in [6.45, 7) is 9.98. The van der Waals surface area contributed by atoms with E-state index in [2.05, 4.69) is 16.0 Å². The number of methoxy groups -OCH3 is 1. The van der Waals surface area contributed by atoms with Gasteiger partial charge in [0.05, 0.1) is 18.9 Å². The van der Waals surface area contributed by atoms with E-state index in [4.69, 9.17) is 4.74 Å². The fourth-order valence-corrected chi connectivity index (χ4v) is 6.56. The van der Waals surface area contributed by atoms with Crippen molar-refractivity contribution in [1.29, 1.82) is 5.26 Å². The number of nitrogens with one attached hydrogen (secondary N) is 1. The third kappa shape index (κ3) is 3.77. The van der Waals surface area contributed by atoms with Gasteiger partial charge in [-0.15, -0.1) is 0 Å². The van der Waals surface area contributed by atoms with Crippen molar-refractivity contribution in [1.82, 2.24) is 9.88 Å². The van der Waals surface area contributed by atoms with Crippen molar-refractivity contribution in [2.75, 3.05) is 32.5 Å². The highest BCUT2D eigenvalue weighted by molar-refractivity contribution is 7.91. The average molecular weight is 482 g/mol. The molecular formula is C26H31N3O4S. The van der Waals surface area contributed by atoms with E-state index in [1.165, 1.54) is 13.2 Å². The monoisotopic (exact) mass is 481 g/mol. The lowest BCUT2D eigenvalue weighted by Crippen LogP contribution is -2.32. The number of hydrogen-bond acceptors (Lipinski definition) is 6. The largest absolute Gasteiger partial charge is 0.495 e. The second-order valence-corrected chi connectivity index (χ2v) is 11.5. The van der Waals surface area contributed by atoms with E-state index in [0.29, 0.717) is 36.1 Å². The van der Waals surface area contributed by atoms with E-state index in [1.54, 1.807) is 6.07 Å². The van der Waals surface area contributed by atoms with Crippen LogP contribution in [-0.4, -0.2) is 56.6 Å². The fourth-order valence-electron chi connectivity index (χ4n) is 5.09. The van der Waals surface area contributed by atoms with Crippen molar-refractivity contribution in [2.24, 2.45) is 0 Å². The van der Waals surface area contributed by atoms with Crippen LogP contribution in [0, 0.1) is 11.3 Å². The second kappa shape index (κ2) is 8.71. The Morgan fingerprint density at radius 2 is 1.91 bits per heavy atom. The van der Waals surface area contributed by atoms with Crippen LogP contribution in [0.4, 0.5) is 0 Å². The number of H-pyrrole nitrogens is 1. The average Bonchev–Trinajstić information content (AvgIpc) is 3.22. The molecular weight excluding hydrogens is 450 g/mol. The number of ether oxygens (including phenoxy) is 1. The Balaban J connectivity index is 1.85. The molecule has 0 bridgehead atoms. The zero-order chi connectivity index (χ0) is 24.8. The number of aromatic nitrogens is 1. The molecule has 1 aromatic carbocycles. The number of carbonyl (C=O) groups is 1. The lowest BCUT2D eigenvalue weighted by Gasteiger charge is -2.33. The molecule has 4 rings (SSSR count). The molecule has 0 amide bonds. The Morgan fingerprint density at radius 3 is 2.53 bits per heavy atom. The molecule has 7 nitrogen and oxygen atoms in total. The minimum atomic E-state index is -3.68. The molecule has 2 aliphatic carbocycles. The van der Waals surface area contributed by atoms with Crippen LogP contribution in [0.15, 0.2) is 22.6 Å². The van der Waals surface area contributed by atoms with E-state index in [0.717, 1.165) is 35.6 Å². The van der Waals surface area contributed by atoms with E-state index in [1.807, 2.05) is 33.8 Å². The maximum atomic E-state index is 13.8. The van der Waals surface area contributed by atoms with Gasteiger partial charge in [-0.1, -0.05) is 27.7 Å². The normalized spacial score (nSPS) is 16.4. The molecule has 1 heterocycles. The predicted octanol–water partition coefficient (Wildman–Crippen LogP) is 3.86. The third-order valence-corrected chi connectivity index (χ3v) is 8.93. The third-order valence-electron chi connectivity index (χ3n) is 7.22. The fraction of sp³-hybridized carbons (Fsp3) is 0.462. The number of ketones is 1. The summed E-state index contributed by atoms with van der Waals surface area (Å²) in [5.41, 5.74) is 4.33. The van der Waals surface area contributed by atoms with Gasteiger partial charge in [0, 0.05) is 40.0 Å². The summed E-state index contributed by atoms with van der Waals surface area (Å²) in [4.78, 5) is 19.3. The van der Waals surface area contributed by atoms with Crippen LogP contribution in [0.5, 0.6) is 5.75 Å². The van der Waals surface area contributed by atoms with E-state index < -0.39 is 15.3 Å². The van der Waals surface area contributed by atoms with Crippen LogP contribution >= 0.6 is 0 Å². The SMILES string of the molecule is CCN(CC)CCS(=O)(=O)c1cc2c(cc1OC)C(C)(C)c1[nH]c3c(c1C2=O)CCC(C#N)=C3. The lowest BCUT2D eigenvalue weighted by molar-refractivity contribution is 0.103. The van der Waals surface area contributed by atoms with Crippen LogP contribution in [0.3, 0.4) is 0 Å². The molecule has 180 valence electrons. The number of hydrogen-bond donors (Lipinski definition) is 1. The number of rotatable bonds is 7. The number of nitrogens with zero attached hydrogens (tertiary/aromatic N) is 2. The van der Waals surface area contributed by atoms with Gasteiger partial charge in [-0.3, -0.25) is 4.79 Å². The van der Waals surface area contributed by atoms with Gasteiger partial charge in [0.15, 0.2) is 15.6 Å². The van der Waals surface area contributed by atoms with Crippen LogP contribution in [-0.2, 0) is 21.7 Å². The van der Waals surface area contributed by atoms with E-state index >= 15 is 0 Å². The Hall–Kier alpha value is -2.89. The van der Waals surface area contributed by atoms with Crippen LogP contribution in [0.2, 0.25) is 0 Å². The zero-order valence-electron chi connectivity index (χ0n) is 20.4. The highest BCUT2D eigenvalue weighted by Crippen LogP contribution is 2.46. The molecule has 0 unspecified atom stereocenters. The number of carbonyl (C=O) groups excluding carboxylic acids is 1. The van der Waals surface area contributed by atoms with E-state index in [-0.39, 0.29) is 22.2 Å². The van der Waals surface area contributed by atoms with Gasteiger partial charge in [0.25, 0.3) is 0 Å². The van der Waals surface area contributed by atoms with Gasteiger partial charge in [0.1, 0.15) is 10.6 Å². The van der Waals surface area contributed by atoms with Gasteiger partial charge in [0.2, 0.25) is 0 Å². The van der Waals surface area contributed by atoms with Crippen molar-refractivity contribution in [3.63, 3.8) is 0 Å². The first-order valence-electron chi connectivity index (χ1n) is 11.7. The highest BCUT2D eigenvalue weighted by Gasteiger charge is 2.42. The maximum Gasteiger partial charge on any atom is 0.195 e. The summed E-state index contributed by atoms with van der Waals surface area (Å²) in [6.07, 6.45) is 3.00. The molecule has 0 aliphatic heterocycles. The molecule has 0 spiro atoms.